The topological polar surface area (TPSA) is 61.3 Å². The number of hydrogen-bond acceptors (Lipinski definition) is 3. The smallest absolute Gasteiger partial charge is 0.142 e. The van der Waals surface area contributed by atoms with Crippen molar-refractivity contribution in [3.63, 3.8) is 0 Å². The highest BCUT2D eigenvalue weighted by Gasteiger charge is 2.03. The molecule has 25 heavy (non-hydrogen) atoms. The lowest BCUT2D eigenvalue weighted by molar-refractivity contribution is 0.308. The maximum atomic E-state index is 6.06. The molecule has 0 atom stereocenters. The summed E-state index contributed by atoms with van der Waals surface area (Å²) >= 11 is 0. The van der Waals surface area contributed by atoms with Gasteiger partial charge in [-0.1, -0.05) is 56.2 Å². The number of aryl methyl sites for hydroxylation is 1. The maximum absolute atomic E-state index is 6.06. The minimum absolute atomic E-state index is 0. The van der Waals surface area contributed by atoms with Gasteiger partial charge in [0.15, 0.2) is 0 Å². The molecule has 0 amide bonds. The van der Waals surface area contributed by atoms with E-state index < -0.39 is 0 Å². The number of anilines is 1. The molecular weight excluding hydrogens is 308 g/mol. The average molecular weight is 343 g/mol. The van der Waals surface area contributed by atoms with Crippen molar-refractivity contribution in [1.82, 2.24) is 0 Å². The molecule has 2 rings (SSSR count). The van der Waals surface area contributed by atoms with Crippen molar-refractivity contribution in [1.29, 1.82) is 0 Å². The van der Waals surface area contributed by atoms with Crippen LogP contribution in [0.4, 0.5) is 5.69 Å². The van der Waals surface area contributed by atoms with Gasteiger partial charge in [0.05, 0.1) is 5.69 Å². The van der Waals surface area contributed by atoms with Crippen molar-refractivity contribution in [3.8, 4) is 5.75 Å². The number of nitrogens with two attached hydrogens (primary N) is 2. The summed E-state index contributed by atoms with van der Waals surface area (Å²) in [5, 5.41) is 0. The first kappa shape index (κ1) is 21.0. The van der Waals surface area contributed by atoms with Crippen LogP contribution in [0.5, 0.6) is 5.75 Å². The van der Waals surface area contributed by atoms with Crippen LogP contribution in [-0.4, -0.2) is 5.54 Å². The quantitative estimate of drug-likeness (QED) is 0.528. The van der Waals surface area contributed by atoms with Crippen molar-refractivity contribution in [2.75, 3.05) is 5.73 Å². The van der Waals surface area contributed by atoms with Crippen LogP contribution in [0.15, 0.2) is 48.5 Å². The molecule has 0 spiro atoms. The van der Waals surface area contributed by atoms with Gasteiger partial charge in [-0.25, -0.2) is 0 Å². The lowest BCUT2D eigenvalue weighted by atomic mass is 10.1. The van der Waals surface area contributed by atoms with Gasteiger partial charge in [0.25, 0.3) is 0 Å². The van der Waals surface area contributed by atoms with Gasteiger partial charge in [0.1, 0.15) is 12.4 Å². The maximum Gasteiger partial charge on any atom is 0.142 e. The summed E-state index contributed by atoms with van der Waals surface area (Å²) in [7, 11) is 0. The van der Waals surface area contributed by atoms with Crippen LogP contribution in [-0.2, 0) is 13.0 Å². The van der Waals surface area contributed by atoms with Crippen molar-refractivity contribution >= 4 is 5.69 Å². The molecule has 0 saturated heterocycles. The van der Waals surface area contributed by atoms with Crippen LogP contribution < -0.4 is 16.2 Å². The molecule has 0 aliphatic heterocycles. The summed E-state index contributed by atoms with van der Waals surface area (Å²) in [5.74, 6) is 0.771. The zero-order chi connectivity index (χ0) is 18.7. The molecule has 4 N–H and O–H groups in total. The number of unbranched alkanes of at least 4 members (excludes halogenated alkanes) is 2. The highest BCUT2D eigenvalue weighted by molar-refractivity contribution is 5.54. The molecule has 0 unspecified atom stereocenters. The second kappa shape index (κ2) is 10.8. The van der Waals surface area contributed by atoms with Crippen molar-refractivity contribution < 1.29 is 4.74 Å². The Morgan fingerprint density at radius 1 is 0.920 bits per heavy atom. The first-order chi connectivity index (χ1) is 11.8. The van der Waals surface area contributed by atoms with E-state index in [1.54, 1.807) is 0 Å². The normalized spacial score (nSPS) is 10.8. The monoisotopic (exact) mass is 342 g/mol. The fourth-order valence-electron chi connectivity index (χ4n) is 2.20. The molecule has 138 valence electrons. The lowest BCUT2D eigenvalue weighted by Gasteiger charge is -2.10. The van der Waals surface area contributed by atoms with E-state index in [4.69, 9.17) is 16.2 Å². The van der Waals surface area contributed by atoms with Gasteiger partial charge in [0.2, 0.25) is 0 Å². The third-order valence-corrected chi connectivity index (χ3v) is 3.38. The van der Waals surface area contributed by atoms with Crippen LogP contribution in [0.25, 0.3) is 0 Å². The Labute approximate surface area is 153 Å². The van der Waals surface area contributed by atoms with E-state index in [0.29, 0.717) is 6.61 Å². The number of nitrogen functional groups attached to an aromatic ring is 1. The van der Waals surface area contributed by atoms with Crippen LogP contribution >= 0.6 is 0 Å². The van der Waals surface area contributed by atoms with E-state index in [1.165, 1.54) is 24.8 Å². The van der Waals surface area contributed by atoms with E-state index >= 15 is 0 Å². The number of ether oxygens (including phenoxy) is 1. The van der Waals surface area contributed by atoms with E-state index in [0.717, 1.165) is 23.4 Å². The Kier molecular flexibility index (Phi) is 9.07. The first-order valence-corrected chi connectivity index (χ1v) is 9.13. The molecular formula is C22H34N2O. The van der Waals surface area contributed by atoms with Gasteiger partial charge < -0.3 is 16.2 Å². The molecule has 2 aromatic rings. The fraction of sp³-hybridized carbons (Fsp3) is 0.455. The molecule has 0 saturated carbocycles. The Hall–Kier alpha value is -2.00. The Balaban J connectivity index is 0.000000550. The Morgan fingerprint density at radius 3 is 2.12 bits per heavy atom. The molecule has 0 radical (unpaired) electrons. The highest BCUT2D eigenvalue weighted by atomic mass is 16.5. The van der Waals surface area contributed by atoms with Gasteiger partial charge in [-0.3, -0.25) is 0 Å². The minimum atomic E-state index is 0. The van der Waals surface area contributed by atoms with Gasteiger partial charge in [-0.15, -0.1) is 0 Å². The lowest BCUT2D eigenvalue weighted by Crippen LogP contribution is -2.26. The first-order valence-electron chi connectivity index (χ1n) is 9.13. The molecule has 0 aliphatic carbocycles. The van der Waals surface area contributed by atoms with E-state index in [2.05, 4.69) is 25.1 Å². The van der Waals surface area contributed by atoms with E-state index in [9.17, 15) is 0 Å². The summed E-state index contributed by atoms with van der Waals surface area (Å²) in [6.45, 7) is 8.67. The Morgan fingerprint density at radius 2 is 1.56 bits per heavy atom. The summed E-state index contributed by atoms with van der Waals surface area (Å²) < 4.78 is 5.78. The summed E-state index contributed by atoms with van der Waals surface area (Å²) in [5.41, 5.74) is 14.6. The minimum Gasteiger partial charge on any atom is -0.487 e. The number of hydrogen-bond donors (Lipinski definition) is 2. The van der Waals surface area contributed by atoms with Crippen molar-refractivity contribution in [2.24, 2.45) is 5.73 Å². The molecule has 0 heterocycles. The largest absolute Gasteiger partial charge is 0.487 e. The van der Waals surface area contributed by atoms with Gasteiger partial charge in [-0.05, 0) is 56.9 Å². The third kappa shape index (κ3) is 10.5. The van der Waals surface area contributed by atoms with E-state index in [-0.39, 0.29) is 5.54 Å². The average Bonchev–Trinajstić information content (AvgIpc) is 2.54. The third-order valence-electron chi connectivity index (χ3n) is 3.38. The second-order valence-electron chi connectivity index (χ2n) is 7.47. The van der Waals surface area contributed by atoms with Crippen molar-refractivity contribution in [3.05, 3.63) is 59.7 Å². The SMILES string of the molecule is CC(C)(C)N.CCCCCc1ccc(OCc2ccccc2)c(N)c1. The van der Waals surface area contributed by atoms with Crippen LogP contribution in [0, 0.1) is 0 Å². The van der Waals surface area contributed by atoms with Gasteiger partial charge in [-0.2, -0.15) is 0 Å². The zero-order valence-corrected chi connectivity index (χ0v) is 16.2. The molecule has 0 fully saturated rings. The van der Waals surface area contributed by atoms with Gasteiger partial charge >= 0.3 is 0 Å². The van der Waals surface area contributed by atoms with Gasteiger partial charge in [0, 0.05) is 5.54 Å². The molecule has 0 aromatic heterocycles. The summed E-state index contributed by atoms with van der Waals surface area (Å²) in [6, 6.07) is 16.3. The second-order valence-corrected chi connectivity index (χ2v) is 7.47. The molecule has 0 aliphatic rings. The zero-order valence-electron chi connectivity index (χ0n) is 16.2. The standard InChI is InChI=1S/C18H23NO.C4H11N/c1-2-3-5-8-15-11-12-18(17(19)13-15)20-14-16-9-6-4-7-10-16;1-4(2,3)5/h4,6-7,9-13H,2-3,5,8,14,19H2,1H3;5H2,1-3H3. The summed E-state index contributed by atoms with van der Waals surface area (Å²) in [6.07, 6.45) is 4.83. The predicted molar refractivity (Wildman–Crippen MR) is 109 cm³/mol. The highest BCUT2D eigenvalue weighted by Crippen LogP contribution is 2.24. The summed E-state index contributed by atoms with van der Waals surface area (Å²) in [4.78, 5) is 0. The van der Waals surface area contributed by atoms with Crippen LogP contribution in [0.2, 0.25) is 0 Å². The van der Waals surface area contributed by atoms with Crippen LogP contribution in [0.1, 0.15) is 58.1 Å². The fourth-order valence-corrected chi connectivity index (χ4v) is 2.20. The Bertz CT molecular complexity index is 597. The molecule has 3 heteroatoms. The molecule has 3 nitrogen and oxygen atoms in total. The van der Waals surface area contributed by atoms with E-state index in [1.807, 2.05) is 51.1 Å². The predicted octanol–water partition coefficient (Wildman–Crippen LogP) is 5.32. The molecule has 0 bridgehead atoms. The van der Waals surface area contributed by atoms with Crippen molar-refractivity contribution in [2.45, 2.75) is 65.5 Å². The van der Waals surface area contributed by atoms with Crippen LogP contribution in [0.3, 0.4) is 0 Å². The number of rotatable bonds is 7. The number of benzene rings is 2. The molecule has 2 aromatic carbocycles.